The highest BCUT2D eigenvalue weighted by molar-refractivity contribution is 8.00. The molecule has 0 radical (unpaired) electrons. The van der Waals surface area contributed by atoms with Crippen molar-refractivity contribution in [2.24, 2.45) is 17.8 Å². The molecule has 5 saturated heterocycles. The number of nitrogens with zero attached hydrogens (tertiary/aromatic N) is 1. The first-order valence-electron chi connectivity index (χ1n) is 13.9. The Balaban J connectivity index is 1.15. The molecule has 12 atom stereocenters. The predicted molar refractivity (Wildman–Crippen MR) is 146 cm³/mol. The zero-order valence-electron chi connectivity index (χ0n) is 22.3. The van der Waals surface area contributed by atoms with Crippen LogP contribution in [0, 0.1) is 17.8 Å². The van der Waals surface area contributed by atoms with E-state index in [0.717, 1.165) is 12.8 Å². The predicted octanol–water partition coefficient (Wildman–Crippen LogP) is -0.556. The largest absolute Gasteiger partial charge is 0.380 e. The van der Waals surface area contributed by atoms with E-state index in [4.69, 9.17) is 16.3 Å². The number of hydrogen-bond acceptors (Lipinski definition) is 9. The van der Waals surface area contributed by atoms with Crippen molar-refractivity contribution in [2.45, 2.75) is 86.2 Å². The number of likely N-dealkylation sites (tertiary alicyclic amines) is 1. The molecule has 5 fully saturated rings. The summed E-state index contributed by atoms with van der Waals surface area (Å²) in [7, 11) is 1.75. The summed E-state index contributed by atoms with van der Waals surface area (Å²) in [6.07, 6.45) is 1.79. The molecule has 5 aliphatic rings. The molecule has 10 nitrogen and oxygen atoms in total. The average molecular weight is 558 g/mol. The summed E-state index contributed by atoms with van der Waals surface area (Å²) in [4.78, 5) is 28.7. The highest BCUT2D eigenvalue weighted by atomic mass is 35.5. The summed E-state index contributed by atoms with van der Waals surface area (Å²) >= 11 is 8.21. The van der Waals surface area contributed by atoms with Gasteiger partial charge in [-0.1, -0.05) is 0 Å². The number of methoxy groups -OCH3 is 1. The lowest BCUT2D eigenvalue weighted by atomic mass is 9.70. The van der Waals surface area contributed by atoms with Gasteiger partial charge in [-0.05, 0) is 45.4 Å². The first-order valence-corrected chi connectivity index (χ1v) is 15.2. The van der Waals surface area contributed by atoms with Crippen LogP contribution < -0.4 is 31.9 Å². The van der Waals surface area contributed by atoms with Gasteiger partial charge in [0.2, 0.25) is 11.8 Å². The number of piperidine rings is 2. The van der Waals surface area contributed by atoms with Crippen LogP contribution in [0.1, 0.15) is 33.6 Å². The van der Waals surface area contributed by atoms with E-state index in [1.54, 1.807) is 18.9 Å². The molecule has 5 aliphatic heterocycles. The van der Waals surface area contributed by atoms with Crippen molar-refractivity contribution < 1.29 is 14.3 Å². The quantitative estimate of drug-likeness (QED) is 0.195. The number of amides is 2. The summed E-state index contributed by atoms with van der Waals surface area (Å²) < 4.78 is 5.81. The van der Waals surface area contributed by atoms with Crippen molar-refractivity contribution in [3.8, 4) is 0 Å². The highest BCUT2D eigenvalue weighted by Crippen LogP contribution is 2.38. The van der Waals surface area contributed by atoms with Gasteiger partial charge < -0.3 is 30.9 Å². The first kappa shape index (κ1) is 27.9. The second-order valence-electron chi connectivity index (χ2n) is 11.6. The maximum atomic E-state index is 13.6. The third kappa shape index (κ3) is 6.09. The number of carbonyl (C=O) groups excluding carboxylic acids is 2. The zero-order chi connectivity index (χ0) is 26.3. The molecule has 0 aromatic rings. The Morgan fingerprint density at radius 1 is 0.973 bits per heavy atom. The van der Waals surface area contributed by atoms with E-state index in [9.17, 15) is 9.59 Å². The van der Waals surface area contributed by atoms with Crippen LogP contribution in [0.25, 0.3) is 0 Å². The molecule has 2 amide bonds. The maximum Gasteiger partial charge on any atom is 0.241 e. The van der Waals surface area contributed by atoms with Crippen molar-refractivity contribution in [1.29, 1.82) is 0 Å². The highest BCUT2D eigenvalue weighted by Gasteiger charge is 2.47. The molecule has 0 aliphatic carbocycles. The first-order chi connectivity index (χ1) is 17.7. The van der Waals surface area contributed by atoms with E-state index < -0.39 is 0 Å². The molecule has 37 heavy (non-hydrogen) atoms. The topological polar surface area (TPSA) is 119 Å². The number of carbonyl (C=O) groups is 2. The molecular weight excluding hydrogens is 514 g/mol. The van der Waals surface area contributed by atoms with Gasteiger partial charge >= 0.3 is 0 Å². The Bertz CT molecular complexity index is 828. The van der Waals surface area contributed by atoms with Gasteiger partial charge in [0, 0.05) is 69.3 Å². The number of fused-ring (bicyclic) bond motifs is 1. The number of alkyl halides is 1. The monoisotopic (exact) mass is 557 g/mol. The molecule has 12 unspecified atom stereocenters. The maximum absolute atomic E-state index is 13.6. The molecule has 0 aromatic carbocycles. The number of hydrogen-bond donors (Lipinski definition) is 6. The van der Waals surface area contributed by atoms with E-state index >= 15 is 0 Å². The van der Waals surface area contributed by atoms with Crippen molar-refractivity contribution in [2.75, 3.05) is 39.8 Å². The lowest BCUT2D eigenvalue weighted by Gasteiger charge is -2.45. The van der Waals surface area contributed by atoms with Gasteiger partial charge in [-0.3, -0.25) is 20.2 Å². The Kier molecular flexibility index (Phi) is 8.92. The molecule has 0 spiro atoms. The molecule has 6 N–H and O–H groups in total. The molecular formula is C25H44ClN7O3S. The van der Waals surface area contributed by atoms with Gasteiger partial charge in [0.25, 0.3) is 0 Å². The van der Waals surface area contributed by atoms with Crippen molar-refractivity contribution in [3.05, 3.63) is 0 Å². The normalized spacial score (nSPS) is 46.5. The fraction of sp³-hybridized carbons (Fsp3) is 0.920. The van der Waals surface area contributed by atoms with E-state index in [2.05, 4.69) is 52.7 Å². The van der Waals surface area contributed by atoms with Gasteiger partial charge in [0.05, 0.1) is 23.6 Å². The number of ether oxygens (including phenoxy) is 1. The third-order valence-electron chi connectivity index (χ3n) is 9.20. The number of piperazine rings is 1. The molecule has 12 heteroatoms. The molecule has 0 saturated carbocycles. The van der Waals surface area contributed by atoms with Gasteiger partial charge in [0.1, 0.15) is 5.50 Å². The molecule has 210 valence electrons. The minimum Gasteiger partial charge on any atom is -0.380 e. The van der Waals surface area contributed by atoms with Crippen LogP contribution in [0.4, 0.5) is 0 Å². The van der Waals surface area contributed by atoms with E-state index in [0.29, 0.717) is 44.8 Å². The number of rotatable bonds is 5. The Labute approximate surface area is 229 Å². The molecule has 0 aromatic heterocycles. The van der Waals surface area contributed by atoms with Crippen LogP contribution in [0.3, 0.4) is 0 Å². The Hall–Kier alpha value is -0.660. The van der Waals surface area contributed by atoms with Crippen molar-refractivity contribution >= 4 is 35.2 Å². The fourth-order valence-electron chi connectivity index (χ4n) is 6.83. The zero-order valence-corrected chi connectivity index (χ0v) is 23.9. The summed E-state index contributed by atoms with van der Waals surface area (Å²) in [6, 6.07) is 0.987. The number of thioether (sulfide) groups is 1. The van der Waals surface area contributed by atoms with Crippen molar-refractivity contribution in [3.63, 3.8) is 0 Å². The van der Waals surface area contributed by atoms with E-state index in [-0.39, 0.29) is 70.0 Å². The van der Waals surface area contributed by atoms with Gasteiger partial charge in [-0.25, -0.2) is 0 Å². The van der Waals surface area contributed by atoms with Crippen LogP contribution in [0.5, 0.6) is 0 Å². The van der Waals surface area contributed by atoms with E-state index in [1.165, 1.54) is 0 Å². The lowest BCUT2D eigenvalue weighted by molar-refractivity contribution is -0.133. The molecule has 5 rings (SSSR count). The minimum absolute atomic E-state index is 0.0579. The van der Waals surface area contributed by atoms with Crippen LogP contribution in [0.2, 0.25) is 0 Å². The second kappa shape index (κ2) is 11.8. The summed E-state index contributed by atoms with van der Waals surface area (Å²) in [5, 5.41) is 20.8. The summed E-state index contributed by atoms with van der Waals surface area (Å²) in [6.45, 7) is 9.86. The SMILES string of the molecule is COC1CNC(Cl)CC1C1CC(C)NCC1C(=O)NC1NC2CN(C(=O)C3CNC(C)C(C)N3)CC2S1. The van der Waals surface area contributed by atoms with Crippen LogP contribution >= 0.6 is 23.4 Å². The smallest absolute Gasteiger partial charge is 0.241 e. The van der Waals surface area contributed by atoms with E-state index in [1.807, 2.05) is 4.90 Å². The standard InChI is InChI=1S/C25H44ClN7O3S/c1-12-5-15(16-6-22(26)29-9-20(16)36-4)17(7-27-12)23(34)32-25-31-19-10-33(11-21(19)37-25)24(35)18-8-28-13(2)14(3)30-18/h12-22,25,27-31H,5-11H2,1-4H3,(H,32,34). The number of halogens is 1. The number of nitrogens with one attached hydrogen (secondary N) is 6. The summed E-state index contributed by atoms with van der Waals surface area (Å²) in [5.74, 6) is 0.579. The Morgan fingerprint density at radius 3 is 2.51 bits per heavy atom. The van der Waals surface area contributed by atoms with Gasteiger partial charge in [-0.15, -0.1) is 23.4 Å². The minimum atomic E-state index is -0.179. The lowest BCUT2D eigenvalue weighted by Crippen LogP contribution is -2.63. The second-order valence-corrected chi connectivity index (χ2v) is 13.5. The Morgan fingerprint density at radius 2 is 1.78 bits per heavy atom. The molecule has 5 heterocycles. The fourth-order valence-corrected chi connectivity index (χ4v) is 8.53. The third-order valence-corrected chi connectivity index (χ3v) is 10.9. The van der Waals surface area contributed by atoms with Crippen LogP contribution in [0.15, 0.2) is 0 Å². The summed E-state index contributed by atoms with van der Waals surface area (Å²) in [5.41, 5.74) is -0.226. The average Bonchev–Trinajstić information content (AvgIpc) is 3.44. The molecule has 0 bridgehead atoms. The van der Waals surface area contributed by atoms with Crippen molar-refractivity contribution in [1.82, 2.24) is 36.8 Å². The van der Waals surface area contributed by atoms with Crippen LogP contribution in [-0.2, 0) is 14.3 Å². The van der Waals surface area contributed by atoms with Crippen LogP contribution in [-0.4, -0.2) is 109 Å². The van der Waals surface area contributed by atoms with Gasteiger partial charge in [0.15, 0.2) is 0 Å². The van der Waals surface area contributed by atoms with Gasteiger partial charge in [-0.2, -0.15) is 0 Å².